The highest BCUT2D eigenvalue weighted by molar-refractivity contribution is 5.69. The number of nitrogens with zero attached hydrogens (tertiary/aromatic N) is 1. The number of hydrogen-bond acceptors (Lipinski definition) is 4. The van der Waals surface area contributed by atoms with Gasteiger partial charge in [-0.2, -0.15) is 0 Å². The number of amides is 1. The van der Waals surface area contributed by atoms with Gasteiger partial charge in [0.05, 0.1) is 6.10 Å². The van der Waals surface area contributed by atoms with Crippen molar-refractivity contribution >= 4 is 6.09 Å². The molecule has 0 radical (unpaired) electrons. The third-order valence-electron chi connectivity index (χ3n) is 4.54. The van der Waals surface area contributed by atoms with Crippen LogP contribution in [0.25, 0.3) is 0 Å². The summed E-state index contributed by atoms with van der Waals surface area (Å²) in [5.41, 5.74) is -0.423. The molecule has 3 atom stereocenters. The molecule has 3 unspecified atom stereocenters. The smallest absolute Gasteiger partial charge is 0.410 e. The van der Waals surface area contributed by atoms with Gasteiger partial charge in [-0.3, -0.25) is 0 Å². The first kappa shape index (κ1) is 17.5. The molecule has 0 spiro atoms. The predicted molar refractivity (Wildman–Crippen MR) is 87.0 cm³/mol. The number of nitrogens with one attached hydrogen (secondary N) is 1. The summed E-state index contributed by atoms with van der Waals surface area (Å²) >= 11 is 0. The van der Waals surface area contributed by atoms with Gasteiger partial charge in [-0.05, 0) is 52.4 Å². The van der Waals surface area contributed by atoms with Crippen molar-refractivity contribution in [3.8, 4) is 0 Å². The molecule has 5 heteroatoms. The Kier molecular flexibility index (Phi) is 6.09. The van der Waals surface area contributed by atoms with Gasteiger partial charge in [-0.25, -0.2) is 4.79 Å². The van der Waals surface area contributed by atoms with Crippen LogP contribution in [0.2, 0.25) is 0 Å². The molecule has 2 heterocycles. The summed E-state index contributed by atoms with van der Waals surface area (Å²) < 4.78 is 11.2. The van der Waals surface area contributed by atoms with Crippen LogP contribution in [0.1, 0.15) is 53.4 Å². The maximum Gasteiger partial charge on any atom is 0.410 e. The topological polar surface area (TPSA) is 50.8 Å². The highest BCUT2D eigenvalue weighted by Crippen LogP contribution is 2.23. The van der Waals surface area contributed by atoms with Crippen molar-refractivity contribution < 1.29 is 14.3 Å². The van der Waals surface area contributed by atoms with Gasteiger partial charge in [0.1, 0.15) is 5.60 Å². The molecule has 2 aliphatic rings. The molecular formula is C17H32N2O3. The zero-order valence-electron chi connectivity index (χ0n) is 14.6. The maximum absolute atomic E-state index is 12.2. The summed E-state index contributed by atoms with van der Waals surface area (Å²) in [6, 6.07) is 0.261. The molecule has 2 fully saturated rings. The minimum atomic E-state index is -0.423. The van der Waals surface area contributed by atoms with Crippen molar-refractivity contribution in [1.29, 1.82) is 0 Å². The molecule has 0 aliphatic carbocycles. The lowest BCUT2D eigenvalue weighted by atomic mass is 9.99. The van der Waals surface area contributed by atoms with E-state index in [1.807, 2.05) is 25.7 Å². The van der Waals surface area contributed by atoms with Crippen LogP contribution >= 0.6 is 0 Å². The molecule has 0 aromatic carbocycles. The number of likely N-dealkylation sites (tertiary alicyclic amines) is 1. The summed E-state index contributed by atoms with van der Waals surface area (Å²) in [6.07, 6.45) is 4.58. The SMILES string of the molecule is CCC1OCCC1CNCC1CCCN1C(=O)OC(C)(C)C. The molecule has 2 rings (SSSR count). The van der Waals surface area contributed by atoms with Gasteiger partial charge in [-0.15, -0.1) is 0 Å². The van der Waals surface area contributed by atoms with Crippen molar-refractivity contribution in [3.63, 3.8) is 0 Å². The monoisotopic (exact) mass is 312 g/mol. The molecule has 0 aromatic rings. The molecule has 22 heavy (non-hydrogen) atoms. The first-order valence-electron chi connectivity index (χ1n) is 8.72. The number of carbonyl (C=O) groups is 1. The second-order valence-corrected chi connectivity index (χ2v) is 7.49. The summed E-state index contributed by atoms with van der Waals surface area (Å²) in [7, 11) is 0. The van der Waals surface area contributed by atoms with E-state index in [0.29, 0.717) is 12.0 Å². The quantitative estimate of drug-likeness (QED) is 0.848. The summed E-state index contributed by atoms with van der Waals surface area (Å²) in [5.74, 6) is 0.612. The van der Waals surface area contributed by atoms with Gasteiger partial charge in [0.15, 0.2) is 0 Å². The van der Waals surface area contributed by atoms with Crippen LogP contribution in [0.4, 0.5) is 4.79 Å². The Labute approximate surface area is 134 Å². The van der Waals surface area contributed by atoms with Gasteiger partial charge in [0.2, 0.25) is 0 Å². The van der Waals surface area contributed by atoms with Crippen LogP contribution in [-0.4, -0.2) is 55.0 Å². The summed E-state index contributed by atoms with van der Waals surface area (Å²) in [6.45, 7) is 11.5. The van der Waals surface area contributed by atoms with E-state index < -0.39 is 5.60 Å². The molecular weight excluding hydrogens is 280 g/mol. The minimum Gasteiger partial charge on any atom is -0.444 e. The van der Waals surface area contributed by atoms with E-state index in [-0.39, 0.29) is 12.1 Å². The standard InChI is InChI=1S/C17H32N2O3/c1-5-15-13(8-10-21-15)11-18-12-14-7-6-9-19(14)16(20)22-17(2,3)4/h13-15,18H,5-12H2,1-4H3. The van der Waals surface area contributed by atoms with E-state index >= 15 is 0 Å². The van der Waals surface area contributed by atoms with Crippen molar-refractivity contribution in [2.24, 2.45) is 5.92 Å². The van der Waals surface area contributed by atoms with Crippen LogP contribution in [-0.2, 0) is 9.47 Å². The molecule has 1 amide bonds. The lowest BCUT2D eigenvalue weighted by Gasteiger charge is -2.29. The first-order chi connectivity index (χ1) is 10.4. The van der Waals surface area contributed by atoms with Crippen LogP contribution in [0.5, 0.6) is 0 Å². The Morgan fingerprint density at radius 2 is 2.09 bits per heavy atom. The average Bonchev–Trinajstić information content (AvgIpc) is 3.05. The fourth-order valence-corrected chi connectivity index (χ4v) is 3.42. The largest absolute Gasteiger partial charge is 0.444 e. The number of ether oxygens (including phenoxy) is 2. The summed E-state index contributed by atoms with van der Waals surface area (Å²) in [4.78, 5) is 14.1. The molecule has 2 saturated heterocycles. The number of rotatable bonds is 5. The molecule has 0 saturated carbocycles. The Morgan fingerprint density at radius 1 is 1.32 bits per heavy atom. The van der Waals surface area contributed by atoms with Crippen molar-refractivity contribution in [2.45, 2.75) is 71.1 Å². The van der Waals surface area contributed by atoms with Crippen LogP contribution < -0.4 is 5.32 Å². The zero-order valence-corrected chi connectivity index (χ0v) is 14.6. The minimum absolute atomic E-state index is 0.174. The van der Waals surface area contributed by atoms with Crippen LogP contribution in [0.15, 0.2) is 0 Å². The van der Waals surface area contributed by atoms with E-state index in [1.165, 1.54) is 0 Å². The molecule has 5 nitrogen and oxygen atoms in total. The van der Waals surface area contributed by atoms with E-state index in [2.05, 4.69) is 12.2 Å². The molecule has 2 aliphatic heterocycles. The van der Waals surface area contributed by atoms with Crippen molar-refractivity contribution in [1.82, 2.24) is 10.2 Å². The van der Waals surface area contributed by atoms with Crippen molar-refractivity contribution in [3.05, 3.63) is 0 Å². The molecule has 128 valence electrons. The lowest BCUT2D eigenvalue weighted by molar-refractivity contribution is 0.0224. The van der Waals surface area contributed by atoms with E-state index in [1.54, 1.807) is 0 Å². The lowest BCUT2D eigenvalue weighted by Crippen LogP contribution is -2.45. The Hall–Kier alpha value is -0.810. The third kappa shape index (κ3) is 4.85. The van der Waals surface area contributed by atoms with E-state index in [4.69, 9.17) is 9.47 Å². The third-order valence-corrected chi connectivity index (χ3v) is 4.54. The zero-order chi connectivity index (χ0) is 16.2. The number of hydrogen-bond donors (Lipinski definition) is 1. The van der Waals surface area contributed by atoms with Gasteiger partial charge in [0.25, 0.3) is 0 Å². The summed E-state index contributed by atoms with van der Waals surface area (Å²) in [5, 5.41) is 3.55. The highest BCUT2D eigenvalue weighted by Gasteiger charge is 2.32. The maximum atomic E-state index is 12.2. The predicted octanol–water partition coefficient (Wildman–Crippen LogP) is 2.79. The Bertz CT molecular complexity index is 367. The second kappa shape index (κ2) is 7.64. The second-order valence-electron chi connectivity index (χ2n) is 7.49. The van der Waals surface area contributed by atoms with Gasteiger partial charge in [-0.1, -0.05) is 6.92 Å². The normalized spacial score (nSPS) is 29.1. The highest BCUT2D eigenvalue weighted by atomic mass is 16.6. The van der Waals surface area contributed by atoms with E-state index in [0.717, 1.165) is 51.9 Å². The van der Waals surface area contributed by atoms with Gasteiger partial charge < -0.3 is 19.7 Å². The van der Waals surface area contributed by atoms with Crippen LogP contribution in [0, 0.1) is 5.92 Å². The number of carbonyl (C=O) groups excluding carboxylic acids is 1. The van der Waals surface area contributed by atoms with Gasteiger partial charge >= 0.3 is 6.09 Å². The Balaban J connectivity index is 1.75. The Morgan fingerprint density at radius 3 is 2.77 bits per heavy atom. The first-order valence-corrected chi connectivity index (χ1v) is 8.72. The fourth-order valence-electron chi connectivity index (χ4n) is 3.42. The van der Waals surface area contributed by atoms with Gasteiger partial charge in [0, 0.05) is 32.3 Å². The molecule has 1 N–H and O–H groups in total. The molecule has 0 aromatic heterocycles. The van der Waals surface area contributed by atoms with E-state index in [9.17, 15) is 4.79 Å². The van der Waals surface area contributed by atoms with Crippen molar-refractivity contribution in [2.75, 3.05) is 26.2 Å². The molecule has 0 bridgehead atoms. The average molecular weight is 312 g/mol. The van der Waals surface area contributed by atoms with Crippen LogP contribution in [0.3, 0.4) is 0 Å². The fraction of sp³-hybridized carbons (Fsp3) is 0.941.